The molecule has 2 aromatic carbocycles. The van der Waals surface area contributed by atoms with E-state index in [1.165, 1.54) is 27.5 Å². The van der Waals surface area contributed by atoms with Gasteiger partial charge in [-0.1, -0.05) is 36.9 Å². The van der Waals surface area contributed by atoms with Crippen LogP contribution in [0.15, 0.2) is 36.9 Å². The van der Waals surface area contributed by atoms with E-state index >= 15 is 0 Å². The summed E-state index contributed by atoms with van der Waals surface area (Å²) in [6.07, 6.45) is 1.89. The van der Waals surface area contributed by atoms with Crippen molar-refractivity contribution in [2.45, 2.75) is 13.8 Å². The number of aryl methyl sites for hydroxylation is 2. The van der Waals surface area contributed by atoms with E-state index < -0.39 is 0 Å². The van der Waals surface area contributed by atoms with Crippen LogP contribution in [0.25, 0.3) is 16.8 Å². The molecule has 14 heavy (non-hydrogen) atoms. The summed E-state index contributed by atoms with van der Waals surface area (Å²) in [5.74, 6) is 0. The molecule has 0 saturated carbocycles. The standard InChI is InChI=1S/C14H14/c1-4-12-7-8-13-10(2)5-6-11(3)14(13)9-12/h4-9H,1H2,2-3H3. The van der Waals surface area contributed by atoms with Gasteiger partial charge in [-0.15, -0.1) is 0 Å². The summed E-state index contributed by atoms with van der Waals surface area (Å²) in [5.41, 5.74) is 3.85. The Morgan fingerprint density at radius 2 is 1.57 bits per heavy atom. The van der Waals surface area contributed by atoms with E-state index in [0.29, 0.717) is 0 Å². The maximum Gasteiger partial charge on any atom is -0.0146 e. The van der Waals surface area contributed by atoms with E-state index in [1.54, 1.807) is 0 Å². The molecule has 0 amide bonds. The lowest BCUT2D eigenvalue weighted by Crippen LogP contribution is -1.83. The monoisotopic (exact) mass is 182 g/mol. The van der Waals surface area contributed by atoms with Crippen molar-refractivity contribution in [1.82, 2.24) is 0 Å². The molecule has 0 unspecified atom stereocenters. The smallest absolute Gasteiger partial charge is 0.0146 e. The van der Waals surface area contributed by atoms with Crippen LogP contribution in [0.1, 0.15) is 16.7 Å². The molecule has 0 nitrogen and oxygen atoms in total. The van der Waals surface area contributed by atoms with Gasteiger partial charge in [-0.25, -0.2) is 0 Å². The Kier molecular flexibility index (Phi) is 2.12. The van der Waals surface area contributed by atoms with Crippen molar-refractivity contribution >= 4 is 16.8 Å². The van der Waals surface area contributed by atoms with Crippen LogP contribution in [0.2, 0.25) is 0 Å². The van der Waals surface area contributed by atoms with Crippen molar-refractivity contribution in [3.8, 4) is 0 Å². The molecule has 0 aliphatic carbocycles. The first kappa shape index (κ1) is 9.01. The molecule has 0 radical (unpaired) electrons. The SMILES string of the molecule is C=Cc1ccc2c(C)ccc(C)c2c1. The molecule has 2 rings (SSSR count). The first-order chi connectivity index (χ1) is 6.72. The van der Waals surface area contributed by atoms with Gasteiger partial charge in [0.1, 0.15) is 0 Å². The maximum absolute atomic E-state index is 3.79. The number of rotatable bonds is 1. The van der Waals surface area contributed by atoms with Gasteiger partial charge >= 0.3 is 0 Å². The molecule has 0 N–H and O–H groups in total. The summed E-state index contributed by atoms with van der Waals surface area (Å²) in [7, 11) is 0. The molecule has 0 bridgehead atoms. The number of hydrogen-bond donors (Lipinski definition) is 0. The van der Waals surface area contributed by atoms with Crippen molar-refractivity contribution in [2.75, 3.05) is 0 Å². The fourth-order valence-electron chi connectivity index (χ4n) is 1.79. The van der Waals surface area contributed by atoms with Crippen LogP contribution in [0.5, 0.6) is 0 Å². The molecular weight excluding hydrogens is 168 g/mol. The second kappa shape index (κ2) is 3.30. The summed E-state index contributed by atoms with van der Waals surface area (Å²) in [6, 6.07) is 10.8. The Hall–Kier alpha value is -1.56. The fourth-order valence-corrected chi connectivity index (χ4v) is 1.79. The fraction of sp³-hybridized carbons (Fsp3) is 0.143. The highest BCUT2D eigenvalue weighted by molar-refractivity contribution is 5.90. The van der Waals surface area contributed by atoms with Crippen LogP contribution in [-0.2, 0) is 0 Å². The minimum atomic E-state index is 1.19. The third-order valence-electron chi connectivity index (χ3n) is 2.71. The minimum absolute atomic E-state index is 1.19. The van der Waals surface area contributed by atoms with Crippen LogP contribution < -0.4 is 0 Å². The van der Waals surface area contributed by atoms with Gasteiger partial charge in [0.05, 0.1) is 0 Å². The second-order valence-electron chi connectivity index (χ2n) is 3.71. The highest BCUT2D eigenvalue weighted by Gasteiger charge is 2.00. The largest absolute Gasteiger partial charge is 0.0985 e. The molecule has 0 heterocycles. The van der Waals surface area contributed by atoms with Gasteiger partial charge in [0.25, 0.3) is 0 Å². The number of benzene rings is 2. The lowest BCUT2D eigenvalue weighted by atomic mass is 9.99. The molecule has 0 spiro atoms. The maximum atomic E-state index is 3.79. The first-order valence-electron chi connectivity index (χ1n) is 4.85. The van der Waals surface area contributed by atoms with Crippen molar-refractivity contribution < 1.29 is 0 Å². The normalized spacial score (nSPS) is 10.4. The highest BCUT2D eigenvalue weighted by Crippen LogP contribution is 2.23. The van der Waals surface area contributed by atoms with Crippen LogP contribution in [0.3, 0.4) is 0 Å². The summed E-state index contributed by atoms with van der Waals surface area (Å²) in [4.78, 5) is 0. The summed E-state index contributed by atoms with van der Waals surface area (Å²) < 4.78 is 0. The topological polar surface area (TPSA) is 0 Å². The van der Waals surface area contributed by atoms with E-state index in [9.17, 15) is 0 Å². The van der Waals surface area contributed by atoms with Crippen LogP contribution in [-0.4, -0.2) is 0 Å². The molecule has 70 valence electrons. The minimum Gasteiger partial charge on any atom is -0.0985 e. The van der Waals surface area contributed by atoms with Crippen LogP contribution in [0.4, 0.5) is 0 Å². The third kappa shape index (κ3) is 1.33. The zero-order valence-electron chi connectivity index (χ0n) is 8.67. The molecule has 2 aromatic rings. The Morgan fingerprint density at radius 3 is 2.21 bits per heavy atom. The van der Waals surface area contributed by atoms with Crippen LogP contribution >= 0.6 is 0 Å². The molecule has 0 atom stereocenters. The second-order valence-corrected chi connectivity index (χ2v) is 3.71. The molecule has 0 heteroatoms. The Morgan fingerprint density at radius 1 is 0.929 bits per heavy atom. The van der Waals surface area contributed by atoms with Gasteiger partial charge < -0.3 is 0 Å². The molecule has 0 aromatic heterocycles. The zero-order chi connectivity index (χ0) is 10.1. The van der Waals surface area contributed by atoms with Gasteiger partial charge in [0, 0.05) is 0 Å². The van der Waals surface area contributed by atoms with Gasteiger partial charge in [0.15, 0.2) is 0 Å². The Labute approximate surface area is 84.9 Å². The average Bonchev–Trinajstić information content (AvgIpc) is 2.23. The van der Waals surface area contributed by atoms with E-state index in [2.05, 4.69) is 50.8 Å². The third-order valence-corrected chi connectivity index (χ3v) is 2.71. The molecule has 0 fully saturated rings. The predicted octanol–water partition coefficient (Wildman–Crippen LogP) is 4.10. The molecule has 0 aliphatic rings. The lowest BCUT2D eigenvalue weighted by molar-refractivity contribution is 1.46. The van der Waals surface area contributed by atoms with E-state index in [-0.39, 0.29) is 0 Å². The molecular formula is C14H14. The van der Waals surface area contributed by atoms with Crippen molar-refractivity contribution in [1.29, 1.82) is 0 Å². The summed E-state index contributed by atoms with van der Waals surface area (Å²) in [5, 5.41) is 2.68. The first-order valence-corrected chi connectivity index (χ1v) is 4.85. The van der Waals surface area contributed by atoms with Gasteiger partial charge in [-0.3, -0.25) is 0 Å². The number of hydrogen-bond acceptors (Lipinski definition) is 0. The van der Waals surface area contributed by atoms with E-state index in [1.807, 2.05) is 6.08 Å². The zero-order valence-corrected chi connectivity index (χ0v) is 8.67. The summed E-state index contributed by atoms with van der Waals surface area (Å²) in [6.45, 7) is 8.09. The lowest BCUT2D eigenvalue weighted by Gasteiger charge is -2.06. The van der Waals surface area contributed by atoms with Crippen LogP contribution in [0, 0.1) is 13.8 Å². The summed E-state index contributed by atoms with van der Waals surface area (Å²) >= 11 is 0. The predicted molar refractivity (Wildman–Crippen MR) is 63.5 cm³/mol. The van der Waals surface area contributed by atoms with Gasteiger partial charge in [-0.2, -0.15) is 0 Å². The highest BCUT2D eigenvalue weighted by atomic mass is 14.0. The average molecular weight is 182 g/mol. The Balaban J connectivity index is 2.86. The van der Waals surface area contributed by atoms with Crippen molar-refractivity contribution in [2.24, 2.45) is 0 Å². The van der Waals surface area contributed by atoms with Gasteiger partial charge in [-0.05, 0) is 47.4 Å². The number of fused-ring (bicyclic) bond motifs is 1. The van der Waals surface area contributed by atoms with Gasteiger partial charge in [0.2, 0.25) is 0 Å². The van der Waals surface area contributed by atoms with E-state index in [0.717, 1.165) is 0 Å². The Bertz CT molecular complexity index is 493. The van der Waals surface area contributed by atoms with Crippen molar-refractivity contribution in [3.63, 3.8) is 0 Å². The quantitative estimate of drug-likeness (QED) is 0.623. The molecule has 0 aliphatic heterocycles. The van der Waals surface area contributed by atoms with E-state index in [4.69, 9.17) is 0 Å². The van der Waals surface area contributed by atoms with Crippen molar-refractivity contribution in [3.05, 3.63) is 53.6 Å². The molecule has 0 saturated heterocycles.